The van der Waals surface area contributed by atoms with Crippen LogP contribution in [0.1, 0.15) is 32.3 Å². The molecule has 2 rings (SSSR count). The van der Waals surface area contributed by atoms with Gasteiger partial charge in [-0.15, -0.1) is 0 Å². The molecule has 0 amide bonds. The molecule has 2 aromatic rings. The van der Waals surface area contributed by atoms with Crippen molar-refractivity contribution in [1.82, 2.24) is 9.78 Å². The van der Waals surface area contributed by atoms with Gasteiger partial charge in [0, 0.05) is 24.6 Å². The molecule has 1 heterocycles. The Bertz CT molecular complexity index is 459. The third-order valence-corrected chi connectivity index (χ3v) is 3.29. The zero-order valence-electron chi connectivity index (χ0n) is 11.8. The second-order valence-corrected chi connectivity index (χ2v) is 5.18. The Kier molecular flexibility index (Phi) is 5.01. The minimum absolute atomic E-state index is 0.730. The van der Waals surface area contributed by atoms with Crippen LogP contribution in [-0.2, 0) is 6.54 Å². The van der Waals surface area contributed by atoms with Crippen LogP contribution in [0.5, 0.6) is 0 Å². The van der Waals surface area contributed by atoms with Gasteiger partial charge in [-0.25, -0.2) is 0 Å². The van der Waals surface area contributed by atoms with E-state index in [4.69, 9.17) is 0 Å². The molecule has 0 radical (unpaired) electrons. The van der Waals surface area contributed by atoms with Crippen molar-refractivity contribution in [2.45, 2.75) is 33.2 Å². The van der Waals surface area contributed by atoms with E-state index in [1.165, 1.54) is 24.1 Å². The van der Waals surface area contributed by atoms with Crippen LogP contribution in [0.15, 0.2) is 42.7 Å². The molecule has 0 aliphatic carbocycles. The maximum atomic E-state index is 4.21. The molecule has 0 spiro atoms. The highest BCUT2D eigenvalue weighted by Gasteiger charge is 2.01. The molecule has 0 aliphatic heterocycles. The molecule has 3 heteroatoms. The summed E-state index contributed by atoms with van der Waals surface area (Å²) in [5.41, 5.74) is 2.48. The van der Waals surface area contributed by atoms with Crippen molar-refractivity contribution in [3.63, 3.8) is 0 Å². The van der Waals surface area contributed by atoms with E-state index in [2.05, 4.69) is 48.5 Å². The smallest absolute Gasteiger partial charge is 0.0659 e. The van der Waals surface area contributed by atoms with E-state index < -0.39 is 0 Å². The maximum absolute atomic E-state index is 4.21. The quantitative estimate of drug-likeness (QED) is 0.818. The highest BCUT2D eigenvalue weighted by Crippen LogP contribution is 2.12. The fourth-order valence-electron chi connectivity index (χ4n) is 2.20. The summed E-state index contributed by atoms with van der Waals surface area (Å²) < 4.78 is 1.94. The first-order valence-corrected chi connectivity index (χ1v) is 7.08. The van der Waals surface area contributed by atoms with Gasteiger partial charge in [0.15, 0.2) is 0 Å². The summed E-state index contributed by atoms with van der Waals surface area (Å²) in [6.45, 7) is 6.41. The Hall–Kier alpha value is -1.77. The Morgan fingerprint density at radius 1 is 1.26 bits per heavy atom. The number of nitrogens with zero attached hydrogens (tertiary/aromatic N) is 2. The van der Waals surface area contributed by atoms with Crippen LogP contribution in [0.2, 0.25) is 0 Å². The minimum atomic E-state index is 0.730. The van der Waals surface area contributed by atoms with E-state index in [1.54, 1.807) is 0 Å². The Labute approximate surface area is 115 Å². The van der Waals surface area contributed by atoms with Gasteiger partial charge in [-0.05, 0) is 36.1 Å². The average molecular weight is 257 g/mol. The van der Waals surface area contributed by atoms with Crippen LogP contribution < -0.4 is 5.32 Å². The summed E-state index contributed by atoms with van der Waals surface area (Å²) in [7, 11) is 0. The van der Waals surface area contributed by atoms with E-state index in [0.29, 0.717) is 0 Å². The third kappa shape index (κ3) is 4.43. The maximum Gasteiger partial charge on any atom is 0.0659 e. The second kappa shape index (κ2) is 6.98. The molecular weight excluding hydrogens is 234 g/mol. The molecule has 0 aliphatic rings. The fourth-order valence-corrected chi connectivity index (χ4v) is 2.20. The number of hydrogen-bond acceptors (Lipinski definition) is 2. The van der Waals surface area contributed by atoms with Gasteiger partial charge >= 0.3 is 0 Å². The van der Waals surface area contributed by atoms with Gasteiger partial charge in [-0.3, -0.25) is 4.68 Å². The topological polar surface area (TPSA) is 29.9 Å². The van der Waals surface area contributed by atoms with E-state index >= 15 is 0 Å². The third-order valence-electron chi connectivity index (χ3n) is 3.29. The molecule has 102 valence electrons. The van der Waals surface area contributed by atoms with Crippen molar-refractivity contribution in [3.05, 3.63) is 48.3 Å². The van der Waals surface area contributed by atoms with Crippen molar-refractivity contribution >= 4 is 5.69 Å². The zero-order valence-corrected chi connectivity index (χ0v) is 11.8. The van der Waals surface area contributed by atoms with E-state index in [-0.39, 0.29) is 0 Å². The molecule has 1 unspecified atom stereocenters. The van der Waals surface area contributed by atoms with Crippen LogP contribution >= 0.6 is 0 Å². The van der Waals surface area contributed by atoms with Crippen LogP contribution in [0.3, 0.4) is 0 Å². The second-order valence-electron chi connectivity index (χ2n) is 5.18. The molecule has 0 fully saturated rings. The molecule has 1 aromatic carbocycles. The zero-order chi connectivity index (χ0) is 13.5. The van der Waals surface area contributed by atoms with Gasteiger partial charge in [-0.1, -0.05) is 32.4 Å². The van der Waals surface area contributed by atoms with Crippen molar-refractivity contribution in [1.29, 1.82) is 0 Å². The Morgan fingerprint density at radius 3 is 2.68 bits per heavy atom. The standard InChI is InChI=1S/C16H23N3/c1-3-5-14(2)12-17-16-8-6-15(7-9-16)13-19-11-4-10-18-19/h4,6-11,14,17H,3,5,12-13H2,1-2H3. The number of anilines is 1. The molecule has 1 atom stereocenters. The fraction of sp³-hybridized carbons (Fsp3) is 0.438. The lowest BCUT2D eigenvalue weighted by atomic mass is 10.1. The van der Waals surface area contributed by atoms with Gasteiger partial charge in [0.05, 0.1) is 6.54 Å². The summed E-state index contributed by atoms with van der Waals surface area (Å²) in [6.07, 6.45) is 6.33. The van der Waals surface area contributed by atoms with E-state index in [1.807, 2.05) is 23.1 Å². The molecule has 1 N–H and O–H groups in total. The number of nitrogens with one attached hydrogen (secondary N) is 1. The van der Waals surface area contributed by atoms with Crippen LogP contribution in [-0.4, -0.2) is 16.3 Å². The first-order chi connectivity index (χ1) is 9.28. The number of aromatic nitrogens is 2. The first kappa shape index (κ1) is 13.7. The lowest BCUT2D eigenvalue weighted by molar-refractivity contribution is 0.551. The predicted molar refractivity (Wildman–Crippen MR) is 80.3 cm³/mol. The van der Waals surface area contributed by atoms with Gasteiger partial charge in [0.25, 0.3) is 0 Å². The van der Waals surface area contributed by atoms with Gasteiger partial charge < -0.3 is 5.32 Å². The normalized spacial score (nSPS) is 12.3. The predicted octanol–water partition coefficient (Wildman–Crippen LogP) is 3.78. The lowest BCUT2D eigenvalue weighted by Gasteiger charge is -2.13. The van der Waals surface area contributed by atoms with Crippen molar-refractivity contribution in [2.75, 3.05) is 11.9 Å². The van der Waals surface area contributed by atoms with E-state index in [0.717, 1.165) is 19.0 Å². The summed E-state index contributed by atoms with van der Waals surface area (Å²) in [5.74, 6) is 0.730. The number of hydrogen-bond donors (Lipinski definition) is 1. The number of benzene rings is 1. The van der Waals surface area contributed by atoms with Gasteiger partial charge in [-0.2, -0.15) is 5.10 Å². The summed E-state index contributed by atoms with van der Waals surface area (Å²) in [4.78, 5) is 0. The first-order valence-electron chi connectivity index (χ1n) is 7.08. The van der Waals surface area contributed by atoms with Crippen molar-refractivity contribution < 1.29 is 0 Å². The van der Waals surface area contributed by atoms with Crippen LogP contribution in [0.4, 0.5) is 5.69 Å². The monoisotopic (exact) mass is 257 g/mol. The Balaban J connectivity index is 1.84. The van der Waals surface area contributed by atoms with Gasteiger partial charge in [0.2, 0.25) is 0 Å². The molecule has 0 bridgehead atoms. The summed E-state index contributed by atoms with van der Waals surface area (Å²) >= 11 is 0. The minimum Gasteiger partial charge on any atom is -0.385 e. The molecule has 1 aromatic heterocycles. The molecular formula is C16H23N3. The van der Waals surface area contributed by atoms with Gasteiger partial charge in [0.1, 0.15) is 0 Å². The molecule has 0 saturated heterocycles. The Morgan fingerprint density at radius 2 is 2.05 bits per heavy atom. The van der Waals surface area contributed by atoms with Crippen molar-refractivity contribution in [3.8, 4) is 0 Å². The van der Waals surface area contributed by atoms with Crippen LogP contribution in [0, 0.1) is 5.92 Å². The molecule has 0 saturated carbocycles. The number of rotatable bonds is 7. The SMILES string of the molecule is CCCC(C)CNc1ccc(Cn2cccn2)cc1. The lowest BCUT2D eigenvalue weighted by Crippen LogP contribution is -2.11. The average Bonchev–Trinajstić information content (AvgIpc) is 2.91. The highest BCUT2D eigenvalue weighted by molar-refractivity contribution is 5.44. The summed E-state index contributed by atoms with van der Waals surface area (Å²) in [5, 5.41) is 7.71. The van der Waals surface area contributed by atoms with E-state index in [9.17, 15) is 0 Å². The highest BCUT2D eigenvalue weighted by atomic mass is 15.3. The summed E-state index contributed by atoms with van der Waals surface area (Å²) in [6, 6.07) is 10.6. The largest absolute Gasteiger partial charge is 0.385 e. The van der Waals surface area contributed by atoms with Crippen molar-refractivity contribution in [2.24, 2.45) is 5.92 Å². The van der Waals surface area contributed by atoms with Crippen LogP contribution in [0.25, 0.3) is 0 Å². The molecule has 19 heavy (non-hydrogen) atoms. The molecule has 3 nitrogen and oxygen atoms in total.